The lowest BCUT2D eigenvalue weighted by Gasteiger charge is -2.33. The van der Waals surface area contributed by atoms with Crippen LogP contribution in [-0.4, -0.2) is 33.6 Å². The minimum absolute atomic E-state index is 0.637. The molecule has 2 N–H and O–H groups in total. The highest BCUT2D eigenvalue weighted by molar-refractivity contribution is 5.78. The van der Waals surface area contributed by atoms with Crippen LogP contribution in [0.15, 0.2) is 24.3 Å². The highest BCUT2D eigenvalue weighted by atomic mass is 15.2. The SMILES string of the molecule is CC1CCCCN1CCCn1c(N)nc2ccccc21. The van der Waals surface area contributed by atoms with Gasteiger partial charge in [-0.15, -0.1) is 0 Å². The van der Waals surface area contributed by atoms with Crippen molar-refractivity contribution in [3.63, 3.8) is 0 Å². The van der Waals surface area contributed by atoms with Crippen molar-refractivity contribution in [3.05, 3.63) is 24.3 Å². The monoisotopic (exact) mass is 272 g/mol. The first kappa shape index (κ1) is 13.4. The number of para-hydroxylation sites is 2. The van der Waals surface area contributed by atoms with Gasteiger partial charge in [-0.3, -0.25) is 0 Å². The Kier molecular flexibility index (Phi) is 3.92. The highest BCUT2D eigenvalue weighted by Crippen LogP contribution is 2.19. The lowest BCUT2D eigenvalue weighted by molar-refractivity contribution is 0.157. The third-order valence-corrected chi connectivity index (χ3v) is 4.45. The second-order valence-corrected chi connectivity index (χ2v) is 5.84. The van der Waals surface area contributed by atoms with Crippen molar-refractivity contribution in [2.75, 3.05) is 18.8 Å². The maximum absolute atomic E-state index is 6.04. The first-order valence-electron chi connectivity index (χ1n) is 7.70. The van der Waals surface area contributed by atoms with Gasteiger partial charge in [0.15, 0.2) is 0 Å². The van der Waals surface area contributed by atoms with Gasteiger partial charge >= 0.3 is 0 Å². The average molecular weight is 272 g/mol. The fraction of sp³-hybridized carbons (Fsp3) is 0.562. The molecule has 4 nitrogen and oxygen atoms in total. The Hall–Kier alpha value is -1.55. The van der Waals surface area contributed by atoms with E-state index in [-0.39, 0.29) is 0 Å². The van der Waals surface area contributed by atoms with Crippen molar-refractivity contribution in [2.45, 2.75) is 45.2 Å². The molecule has 0 saturated carbocycles. The van der Waals surface area contributed by atoms with Crippen LogP contribution in [0.4, 0.5) is 5.95 Å². The van der Waals surface area contributed by atoms with Crippen molar-refractivity contribution in [1.82, 2.24) is 14.5 Å². The number of likely N-dealkylation sites (tertiary alicyclic amines) is 1. The molecule has 1 unspecified atom stereocenters. The minimum atomic E-state index is 0.637. The number of nitrogens with zero attached hydrogens (tertiary/aromatic N) is 3. The number of benzene rings is 1. The van der Waals surface area contributed by atoms with Crippen molar-refractivity contribution in [3.8, 4) is 0 Å². The molecule has 20 heavy (non-hydrogen) atoms. The number of nitrogens with two attached hydrogens (primary N) is 1. The van der Waals surface area contributed by atoms with Gasteiger partial charge in [0.2, 0.25) is 5.95 Å². The molecule has 0 amide bonds. The van der Waals surface area contributed by atoms with E-state index in [2.05, 4.69) is 27.4 Å². The summed E-state index contributed by atoms with van der Waals surface area (Å²) >= 11 is 0. The molecule has 1 fully saturated rings. The van der Waals surface area contributed by atoms with E-state index < -0.39 is 0 Å². The fourth-order valence-corrected chi connectivity index (χ4v) is 3.25. The van der Waals surface area contributed by atoms with Crippen molar-refractivity contribution < 1.29 is 0 Å². The predicted octanol–water partition coefficient (Wildman–Crippen LogP) is 2.88. The third-order valence-electron chi connectivity index (χ3n) is 4.45. The molecule has 1 aliphatic heterocycles. The molecule has 2 heterocycles. The zero-order chi connectivity index (χ0) is 13.9. The quantitative estimate of drug-likeness (QED) is 0.931. The van der Waals surface area contributed by atoms with E-state index in [0.717, 1.165) is 36.6 Å². The van der Waals surface area contributed by atoms with Crippen LogP contribution in [0.3, 0.4) is 0 Å². The van der Waals surface area contributed by atoms with Crippen LogP contribution in [-0.2, 0) is 6.54 Å². The average Bonchev–Trinajstić information content (AvgIpc) is 2.77. The molecule has 1 aromatic carbocycles. The Morgan fingerprint density at radius 2 is 2.10 bits per heavy atom. The lowest BCUT2D eigenvalue weighted by atomic mass is 10.0. The van der Waals surface area contributed by atoms with Crippen molar-refractivity contribution in [1.29, 1.82) is 0 Å². The molecule has 1 aromatic heterocycles. The van der Waals surface area contributed by atoms with Gasteiger partial charge in [-0.05, 0) is 44.9 Å². The Balaban J connectivity index is 1.63. The van der Waals surface area contributed by atoms with Crippen LogP contribution < -0.4 is 5.73 Å². The van der Waals surface area contributed by atoms with Gasteiger partial charge < -0.3 is 15.2 Å². The fourth-order valence-electron chi connectivity index (χ4n) is 3.25. The van der Waals surface area contributed by atoms with E-state index in [1.165, 1.54) is 25.8 Å². The van der Waals surface area contributed by atoms with E-state index in [4.69, 9.17) is 5.73 Å². The van der Waals surface area contributed by atoms with Crippen LogP contribution >= 0.6 is 0 Å². The molecule has 3 rings (SSSR count). The number of nitrogen functional groups attached to an aromatic ring is 1. The maximum Gasteiger partial charge on any atom is 0.201 e. The van der Waals surface area contributed by atoms with Crippen LogP contribution in [0.2, 0.25) is 0 Å². The lowest BCUT2D eigenvalue weighted by Crippen LogP contribution is -2.38. The van der Waals surface area contributed by atoms with Crippen LogP contribution in [0.25, 0.3) is 11.0 Å². The first-order valence-corrected chi connectivity index (χ1v) is 7.70. The van der Waals surface area contributed by atoms with E-state index in [0.29, 0.717) is 5.95 Å². The first-order chi connectivity index (χ1) is 9.75. The predicted molar refractivity (Wildman–Crippen MR) is 83.6 cm³/mol. The topological polar surface area (TPSA) is 47.1 Å². The van der Waals surface area contributed by atoms with Gasteiger partial charge in [0, 0.05) is 19.1 Å². The highest BCUT2D eigenvalue weighted by Gasteiger charge is 2.17. The van der Waals surface area contributed by atoms with Gasteiger partial charge in [0.25, 0.3) is 0 Å². The van der Waals surface area contributed by atoms with E-state index >= 15 is 0 Å². The number of hydrogen-bond donors (Lipinski definition) is 1. The zero-order valence-electron chi connectivity index (χ0n) is 12.3. The van der Waals surface area contributed by atoms with E-state index in [1.807, 2.05) is 18.2 Å². The zero-order valence-corrected chi connectivity index (χ0v) is 12.3. The largest absolute Gasteiger partial charge is 0.369 e. The van der Waals surface area contributed by atoms with Gasteiger partial charge in [-0.25, -0.2) is 4.98 Å². The molecule has 0 radical (unpaired) electrons. The van der Waals surface area contributed by atoms with Crippen molar-refractivity contribution >= 4 is 17.0 Å². The summed E-state index contributed by atoms with van der Waals surface area (Å²) in [6, 6.07) is 8.92. The molecule has 1 saturated heterocycles. The molecule has 0 aliphatic carbocycles. The summed E-state index contributed by atoms with van der Waals surface area (Å²) in [5.41, 5.74) is 8.18. The van der Waals surface area contributed by atoms with Crippen molar-refractivity contribution in [2.24, 2.45) is 0 Å². The number of piperidine rings is 1. The van der Waals surface area contributed by atoms with Crippen LogP contribution in [0.5, 0.6) is 0 Å². The number of aromatic nitrogens is 2. The summed E-state index contributed by atoms with van der Waals surface area (Å²) in [6.45, 7) is 5.71. The van der Waals surface area contributed by atoms with Gasteiger partial charge in [-0.1, -0.05) is 18.6 Å². The molecule has 4 heteroatoms. The van der Waals surface area contributed by atoms with Crippen LogP contribution in [0, 0.1) is 0 Å². The second kappa shape index (κ2) is 5.83. The molecule has 2 aromatic rings. The summed E-state index contributed by atoms with van der Waals surface area (Å²) < 4.78 is 2.14. The van der Waals surface area contributed by atoms with E-state index in [9.17, 15) is 0 Å². The normalized spacial score (nSPS) is 20.6. The molecule has 1 atom stereocenters. The number of aryl methyl sites for hydroxylation is 1. The molecule has 1 aliphatic rings. The summed E-state index contributed by atoms with van der Waals surface area (Å²) in [5.74, 6) is 0.637. The molecule has 108 valence electrons. The Morgan fingerprint density at radius 3 is 2.95 bits per heavy atom. The number of anilines is 1. The Morgan fingerprint density at radius 1 is 1.25 bits per heavy atom. The number of rotatable bonds is 4. The summed E-state index contributed by atoms with van der Waals surface area (Å²) in [5, 5.41) is 0. The number of hydrogen-bond acceptors (Lipinski definition) is 3. The van der Waals surface area contributed by atoms with Gasteiger partial charge in [-0.2, -0.15) is 0 Å². The standard InChI is InChI=1S/C16H24N4/c1-13-7-4-5-10-19(13)11-6-12-20-15-9-3-2-8-14(15)18-16(20)17/h2-3,8-9,13H,4-7,10-12H2,1H3,(H2,17,18). The van der Waals surface area contributed by atoms with E-state index in [1.54, 1.807) is 0 Å². The van der Waals surface area contributed by atoms with Crippen LogP contribution in [0.1, 0.15) is 32.6 Å². The third kappa shape index (κ3) is 2.66. The molecule has 0 bridgehead atoms. The maximum atomic E-state index is 6.04. The Bertz CT molecular complexity index is 575. The smallest absolute Gasteiger partial charge is 0.201 e. The summed E-state index contributed by atoms with van der Waals surface area (Å²) in [6.07, 6.45) is 5.21. The number of imidazole rings is 1. The van der Waals surface area contributed by atoms with Gasteiger partial charge in [0.1, 0.15) is 0 Å². The second-order valence-electron chi connectivity index (χ2n) is 5.84. The Labute approximate surface area is 120 Å². The molecular weight excluding hydrogens is 248 g/mol. The number of fused-ring (bicyclic) bond motifs is 1. The summed E-state index contributed by atoms with van der Waals surface area (Å²) in [7, 11) is 0. The molecule has 0 spiro atoms. The van der Waals surface area contributed by atoms with Gasteiger partial charge in [0.05, 0.1) is 11.0 Å². The summed E-state index contributed by atoms with van der Waals surface area (Å²) in [4.78, 5) is 7.03. The minimum Gasteiger partial charge on any atom is -0.369 e. The molecular formula is C16H24N4.